The van der Waals surface area contributed by atoms with Gasteiger partial charge in [-0.1, -0.05) is 0 Å². The molecule has 0 aliphatic heterocycles. The number of rotatable bonds is 2. The van der Waals surface area contributed by atoms with Crippen LogP contribution in [0.25, 0.3) is 0 Å². The van der Waals surface area contributed by atoms with E-state index in [9.17, 15) is 9.18 Å². The van der Waals surface area contributed by atoms with Crippen molar-refractivity contribution in [1.82, 2.24) is 0 Å². The van der Waals surface area contributed by atoms with Gasteiger partial charge in [0.1, 0.15) is 5.82 Å². The van der Waals surface area contributed by atoms with Gasteiger partial charge in [-0.05, 0) is 48.9 Å². The third-order valence-corrected chi connectivity index (χ3v) is 2.86. The highest BCUT2D eigenvalue weighted by atomic mass is 19.1. The highest BCUT2D eigenvalue weighted by Gasteiger charge is 2.11. The predicted octanol–water partition coefficient (Wildman–Crippen LogP) is 2.84. The fraction of sp³-hybridized carbons (Fsp3) is 0.0667. The summed E-state index contributed by atoms with van der Waals surface area (Å²) in [6.07, 6.45) is 0. The smallest absolute Gasteiger partial charge is 0.255 e. The van der Waals surface area contributed by atoms with Crippen LogP contribution < -0.4 is 11.1 Å². The first-order chi connectivity index (χ1) is 9.51. The van der Waals surface area contributed by atoms with Crippen LogP contribution in [0.4, 0.5) is 15.8 Å². The van der Waals surface area contributed by atoms with E-state index >= 15 is 0 Å². The molecular weight excluding hydrogens is 257 g/mol. The van der Waals surface area contributed by atoms with Crippen molar-refractivity contribution >= 4 is 17.3 Å². The van der Waals surface area contributed by atoms with Gasteiger partial charge in [-0.25, -0.2) is 4.39 Å². The summed E-state index contributed by atoms with van der Waals surface area (Å²) in [4.78, 5) is 12.1. The predicted molar refractivity (Wildman–Crippen MR) is 74.7 cm³/mol. The molecule has 2 aromatic carbocycles. The number of carbonyl (C=O) groups excluding carboxylic acids is 1. The summed E-state index contributed by atoms with van der Waals surface area (Å²) in [5.41, 5.74) is 7.80. The van der Waals surface area contributed by atoms with Crippen LogP contribution in [0.15, 0.2) is 36.4 Å². The molecule has 0 spiro atoms. The van der Waals surface area contributed by atoms with Crippen LogP contribution in [-0.2, 0) is 0 Å². The molecule has 100 valence electrons. The molecule has 3 N–H and O–H groups in total. The maximum atomic E-state index is 13.0. The first-order valence-corrected chi connectivity index (χ1v) is 5.88. The Morgan fingerprint density at radius 2 is 2.05 bits per heavy atom. The van der Waals surface area contributed by atoms with Gasteiger partial charge in [-0.15, -0.1) is 0 Å². The van der Waals surface area contributed by atoms with Crippen molar-refractivity contribution in [3.63, 3.8) is 0 Å². The van der Waals surface area contributed by atoms with Crippen LogP contribution >= 0.6 is 0 Å². The van der Waals surface area contributed by atoms with Gasteiger partial charge >= 0.3 is 0 Å². The molecule has 0 aliphatic rings. The summed E-state index contributed by atoms with van der Waals surface area (Å²) in [7, 11) is 0. The average Bonchev–Trinajstić information content (AvgIpc) is 2.40. The number of aryl methyl sites for hydroxylation is 1. The summed E-state index contributed by atoms with van der Waals surface area (Å²) in [6, 6.07) is 10.5. The molecule has 0 atom stereocenters. The minimum atomic E-state index is -0.392. The van der Waals surface area contributed by atoms with Crippen LogP contribution in [0.2, 0.25) is 0 Å². The lowest BCUT2D eigenvalue weighted by Gasteiger charge is -2.10. The Morgan fingerprint density at radius 1 is 1.30 bits per heavy atom. The number of halogens is 1. The first kappa shape index (κ1) is 13.6. The van der Waals surface area contributed by atoms with Crippen LogP contribution in [0.5, 0.6) is 0 Å². The van der Waals surface area contributed by atoms with Crippen LogP contribution in [0, 0.1) is 24.1 Å². The SMILES string of the molecule is Cc1cc(F)ccc1C(=O)Nc1ccc(C#N)cc1N. The third-order valence-electron chi connectivity index (χ3n) is 2.86. The van der Waals surface area contributed by atoms with Gasteiger partial charge in [-0.3, -0.25) is 4.79 Å². The van der Waals surface area contributed by atoms with E-state index in [1.165, 1.54) is 24.3 Å². The molecule has 0 saturated carbocycles. The number of anilines is 2. The van der Waals surface area contributed by atoms with E-state index in [0.717, 1.165) is 0 Å². The molecule has 0 aliphatic carbocycles. The second kappa shape index (κ2) is 5.41. The lowest BCUT2D eigenvalue weighted by molar-refractivity contribution is 0.102. The number of nitriles is 1. The van der Waals surface area contributed by atoms with E-state index in [0.29, 0.717) is 28.1 Å². The van der Waals surface area contributed by atoms with Crippen molar-refractivity contribution < 1.29 is 9.18 Å². The van der Waals surface area contributed by atoms with E-state index < -0.39 is 5.82 Å². The maximum absolute atomic E-state index is 13.0. The molecule has 0 radical (unpaired) electrons. The normalized spacial score (nSPS) is 9.85. The number of carbonyl (C=O) groups is 1. The first-order valence-electron chi connectivity index (χ1n) is 5.88. The van der Waals surface area contributed by atoms with Crippen LogP contribution in [0.1, 0.15) is 21.5 Å². The minimum absolute atomic E-state index is 0.303. The standard InChI is InChI=1S/C15H12FN3O/c1-9-6-11(16)3-4-12(9)15(20)19-14-5-2-10(8-17)7-13(14)18/h2-7H,18H2,1H3,(H,19,20). The molecule has 0 aromatic heterocycles. The van der Waals surface area contributed by atoms with E-state index in [2.05, 4.69) is 5.32 Å². The van der Waals surface area contributed by atoms with Gasteiger partial charge in [0, 0.05) is 5.56 Å². The Morgan fingerprint density at radius 3 is 2.65 bits per heavy atom. The number of hydrogen-bond donors (Lipinski definition) is 2. The molecular formula is C15H12FN3O. The Kier molecular flexibility index (Phi) is 3.67. The molecule has 4 nitrogen and oxygen atoms in total. The van der Waals surface area contributed by atoms with E-state index in [1.54, 1.807) is 19.1 Å². The van der Waals surface area contributed by atoms with Gasteiger partial charge in [0.15, 0.2) is 0 Å². The Labute approximate surface area is 115 Å². The highest BCUT2D eigenvalue weighted by Crippen LogP contribution is 2.21. The van der Waals surface area contributed by atoms with Gasteiger partial charge < -0.3 is 11.1 Å². The lowest BCUT2D eigenvalue weighted by Crippen LogP contribution is -2.14. The van der Waals surface area contributed by atoms with E-state index in [1.807, 2.05) is 6.07 Å². The second-order valence-electron chi connectivity index (χ2n) is 4.33. The molecule has 0 fully saturated rings. The van der Waals surface area contributed by atoms with Gasteiger partial charge in [-0.2, -0.15) is 5.26 Å². The van der Waals surface area contributed by atoms with Gasteiger partial charge in [0.05, 0.1) is 23.0 Å². The lowest BCUT2D eigenvalue weighted by atomic mass is 10.1. The Balaban J connectivity index is 2.26. The Hall–Kier alpha value is -2.87. The van der Waals surface area contributed by atoms with Gasteiger partial charge in [0.25, 0.3) is 5.91 Å². The summed E-state index contributed by atoms with van der Waals surface area (Å²) in [6.45, 7) is 1.65. The molecule has 2 aromatic rings. The fourth-order valence-corrected chi connectivity index (χ4v) is 1.82. The van der Waals surface area contributed by atoms with E-state index in [-0.39, 0.29) is 5.91 Å². The summed E-state index contributed by atoms with van der Waals surface area (Å²) in [5, 5.41) is 11.4. The minimum Gasteiger partial charge on any atom is -0.397 e. The highest BCUT2D eigenvalue weighted by molar-refractivity contribution is 6.06. The fourth-order valence-electron chi connectivity index (χ4n) is 1.82. The summed E-state index contributed by atoms with van der Waals surface area (Å²) < 4.78 is 13.0. The van der Waals surface area contributed by atoms with Crippen molar-refractivity contribution in [3.05, 3.63) is 58.9 Å². The molecule has 0 saturated heterocycles. The number of nitrogen functional groups attached to an aromatic ring is 1. The number of nitrogens with zero attached hydrogens (tertiary/aromatic N) is 1. The van der Waals surface area contributed by atoms with Crippen molar-refractivity contribution in [3.8, 4) is 6.07 Å². The Bertz CT molecular complexity index is 720. The summed E-state index contributed by atoms with van der Waals surface area (Å²) in [5.74, 6) is -0.768. The average molecular weight is 269 g/mol. The van der Waals surface area contributed by atoms with Crippen LogP contribution in [-0.4, -0.2) is 5.91 Å². The largest absolute Gasteiger partial charge is 0.397 e. The van der Waals surface area contributed by atoms with Gasteiger partial charge in [0.2, 0.25) is 0 Å². The van der Waals surface area contributed by atoms with Crippen molar-refractivity contribution in [2.75, 3.05) is 11.1 Å². The molecule has 20 heavy (non-hydrogen) atoms. The number of nitrogens with two attached hydrogens (primary N) is 1. The monoisotopic (exact) mass is 269 g/mol. The van der Waals surface area contributed by atoms with Crippen LogP contribution in [0.3, 0.4) is 0 Å². The third kappa shape index (κ3) is 2.75. The van der Waals surface area contributed by atoms with Crippen molar-refractivity contribution in [2.45, 2.75) is 6.92 Å². The topological polar surface area (TPSA) is 78.9 Å². The number of benzene rings is 2. The summed E-state index contributed by atoms with van der Waals surface area (Å²) >= 11 is 0. The number of amides is 1. The second-order valence-corrected chi connectivity index (χ2v) is 4.33. The van der Waals surface area contributed by atoms with Crippen molar-refractivity contribution in [1.29, 1.82) is 5.26 Å². The van der Waals surface area contributed by atoms with E-state index in [4.69, 9.17) is 11.0 Å². The molecule has 1 amide bonds. The molecule has 0 bridgehead atoms. The zero-order valence-corrected chi connectivity index (χ0v) is 10.8. The van der Waals surface area contributed by atoms with Crippen molar-refractivity contribution in [2.24, 2.45) is 0 Å². The molecule has 2 rings (SSSR count). The number of nitrogens with one attached hydrogen (secondary N) is 1. The zero-order valence-electron chi connectivity index (χ0n) is 10.8. The quantitative estimate of drug-likeness (QED) is 0.823. The number of hydrogen-bond acceptors (Lipinski definition) is 3. The zero-order chi connectivity index (χ0) is 14.7. The molecule has 0 heterocycles. The maximum Gasteiger partial charge on any atom is 0.255 e. The molecule has 0 unspecified atom stereocenters. The molecule has 5 heteroatoms.